The standard InChI is InChI=1S/C14H20N4OS/c1-17-4-5-18(12(8-15)10-17)9-11-7-13(19-16-11)14-3-2-6-20-14/h2-3,6-7,12H,4-5,8-10,15H2,1H3. The second-order valence-corrected chi connectivity index (χ2v) is 6.23. The molecule has 0 spiro atoms. The zero-order valence-electron chi connectivity index (χ0n) is 11.7. The summed E-state index contributed by atoms with van der Waals surface area (Å²) in [5.41, 5.74) is 6.86. The summed E-state index contributed by atoms with van der Waals surface area (Å²) in [6, 6.07) is 6.51. The maximum Gasteiger partial charge on any atom is 0.177 e. The summed E-state index contributed by atoms with van der Waals surface area (Å²) in [6.07, 6.45) is 0. The highest BCUT2D eigenvalue weighted by Crippen LogP contribution is 2.25. The Morgan fingerprint density at radius 3 is 3.15 bits per heavy atom. The summed E-state index contributed by atoms with van der Waals surface area (Å²) in [5, 5.41) is 6.23. The Kier molecular flexibility index (Phi) is 4.16. The van der Waals surface area contributed by atoms with Gasteiger partial charge in [0.15, 0.2) is 5.76 Å². The van der Waals surface area contributed by atoms with E-state index in [9.17, 15) is 0 Å². The van der Waals surface area contributed by atoms with E-state index in [-0.39, 0.29) is 0 Å². The number of piperazine rings is 1. The zero-order valence-corrected chi connectivity index (χ0v) is 12.5. The largest absolute Gasteiger partial charge is 0.355 e. The minimum Gasteiger partial charge on any atom is -0.355 e. The number of nitrogens with zero attached hydrogens (tertiary/aromatic N) is 3. The van der Waals surface area contributed by atoms with Gasteiger partial charge in [-0.25, -0.2) is 0 Å². The van der Waals surface area contributed by atoms with Crippen molar-refractivity contribution in [3.8, 4) is 10.6 Å². The van der Waals surface area contributed by atoms with Crippen molar-refractivity contribution in [3.63, 3.8) is 0 Å². The molecule has 3 heterocycles. The molecule has 0 bridgehead atoms. The molecule has 108 valence electrons. The molecule has 20 heavy (non-hydrogen) atoms. The van der Waals surface area contributed by atoms with E-state index in [0.29, 0.717) is 12.6 Å². The molecule has 0 aromatic carbocycles. The first-order chi connectivity index (χ1) is 9.76. The lowest BCUT2D eigenvalue weighted by Crippen LogP contribution is -2.54. The number of hydrogen-bond donors (Lipinski definition) is 1. The van der Waals surface area contributed by atoms with E-state index in [2.05, 4.69) is 22.0 Å². The topological polar surface area (TPSA) is 58.5 Å². The second-order valence-electron chi connectivity index (χ2n) is 5.28. The van der Waals surface area contributed by atoms with Crippen molar-refractivity contribution in [2.75, 3.05) is 33.2 Å². The molecular formula is C14H20N4OS. The number of likely N-dealkylation sites (N-methyl/N-ethyl adjacent to an activating group) is 1. The van der Waals surface area contributed by atoms with Gasteiger partial charge in [0.2, 0.25) is 0 Å². The lowest BCUT2D eigenvalue weighted by Gasteiger charge is -2.39. The lowest BCUT2D eigenvalue weighted by molar-refractivity contribution is 0.0861. The van der Waals surface area contributed by atoms with E-state index in [1.165, 1.54) is 0 Å². The lowest BCUT2D eigenvalue weighted by atomic mass is 10.1. The Labute approximate surface area is 123 Å². The van der Waals surface area contributed by atoms with Crippen LogP contribution in [-0.2, 0) is 6.54 Å². The summed E-state index contributed by atoms with van der Waals surface area (Å²) >= 11 is 1.67. The van der Waals surface area contributed by atoms with Gasteiger partial charge in [-0.15, -0.1) is 11.3 Å². The molecule has 0 radical (unpaired) electrons. The van der Waals surface area contributed by atoms with E-state index < -0.39 is 0 Å². The molecule has 1 unspecified atom stereocenters. The molecule has 6 heteroatoms. The maximum absolute atomic E-state index is 5.88. The summed E-state index contributed by atoms with van der Waals surface area (Å²) in [5.74, 6) is 0.855. The summed E-state index contributed by atoms with van der Waals surface area (Å²) < 4.78 is 5.43. The van der Waals surface area contributed by atoms with Crippen LogP contribution in [0.2, 0.25) is 0 Å². The van der Waals surface area contributed by atoms with Gasteiger partial charge >= 0.3 is 0 Å². The van der Waals surface area contributed by atoms with E-state index in [1.807, 2.05) is 23.6 Å². The molecule has 1 atom stereocenters. The SMILES string of the molecule is CN1CCN(Cc2cc(-c3cccs3)on2)C(CN)C1. The van der Waals surface area contributed by atoms with Crippen LogP contribution in [0.4, 0.5) is 0 Å². The molecule has 0 amide bonds. The van der Waals surface area contributed by atoms with Crippen molar-refractivity contribution in [3.05, 3.63) is 29.3 Å². The summed E-state index contributed by atoms with van der Waals surface area (Å²) in [7, 11) is 2.14. The van der Waals surface area contributed by atoms with Crippen LogP contribution < -0.4 is 5.73 Å². The number of thiophene rings is 1. The number of rotatable bonds is 4. The molecule has 1 saturated heterocycles. The summed E-state index contributed by atoms with van der Waals surface area (Å²) in [4.78, 5) is 5.85. The molecule has 2 N–H and O–H groups in total. The molecule has 1 aliphatic heterocycles. The quantitative estimate of drug-likeness (QED) is 0.925. The van der Waals surface area contributed by atoms with E-state index in [1.54, 1.807) is 11.3 Å². The van der Waals surface area contributed by atoms with Gasteiger partial charge in [-0.2, -0.15) is 0 Å². The third-order valence-electron chi connectivity index (χ3n) is 3.77. The van der Waals surface area contributed by atoms with Crippen molar-refractivity contribution in [2.24, 2.45) is 5.73 Å². The van der Waals surface area contributed by atoms with Crippen molar-refractivity contribution in [2.45, 2.75) is 12.6 Å². The van der Waals surface area contributed by atoms with Crippen molar-refractivity contribution in [1.29, 1.82) is 0 Å². The predicted molar refractivity (Wildman–Crippen MR) is 80.6 cm³/mol. The van der Waals surface area contributed by atoms with Gasteiger partial charge in [0.05, 0.1) is 10.6 Å². The molecule has 2 aromatic heterocycles. The number of aromatic nitrogens is 1. The molecule has 0 aliphatic carbocycles. The van der Waals surface area contributed by atoms with Gasteiger partial charge in [-0.05, 0) is 18.5 Å². The van der Waals surface area contributed by atoms with E-state index in [4.69, 9.17) is 10.3 Å². The summed E-state index contributed by atoms with van der Waals surface area (Å²) in [6.45, 7) is 4.61. The fourth-order valence-corrected chi connectivity index (χ4v) is 3.28. The predicted octanol–water partition coefficient (Wildman–Crippen LogP) is 1.48. The average molecular weight is 292 g/mol. The van der Waals surface area contributed by atoms with Crippen LogP contribution in [0.15, 0.2) is 28.1 Å². The second kappa shape index (κ2) is 6.05. The van der Waals surface area contributed by atoms with Crippen LogP contribution in [0.3, 0.4) is 0 Å². The fourth-order valence-electron chi connectivity index (χ4n) is 2.61. The monoisotopic (exact) mass is 292 g/mol. The van der Waals surface area contributed by atoms with Crippen LogP contribution in [0.25, 0.3) is 10.6 Å². The molecule has 3 rings (SSSR count). The van der Waals surface area contributed by atoms with Gasteiger partial charge < -0.3 is 15.2 Å². The van der Waals surface area contributed by atoms with Gasteiger partial charge in [0.25, 0.3) is 0 Å². The van der Waals surface area contributed by atoms with Gasteiger partial charge in [0, 0.05) is 44.8 Å². The van der Waals surface area contributed by atoms with Gasteiger partial charge in [-0.3, -0.25) is 4.90 Å². The molecule has 0 saturated carbocycles. The minimum absolute atomic E-state index is 0.399. The van der Waals surface area contributed by atoms with Crippen molar-refractivity contribution in [1.82, 2.24) is 15.0 Å². The Bertz CT molecular complexity index is 539. The van der Waals surface area contributed by atoms with Crippen LogP contribution in [0, 0.1) is 0 Å². The average Bonchev–Trinajstić information content (AvgIpc) is 3.11. The molecule has 5 nitrogen and oxygen atoms in total. The molecular weight excluding hydrogens is 272 g/mol. The first-order valence-electron chi connectivity index (χ1n) is 6.88. The van der Waals surface area contributed by atoms with Gasteiger partial charge in [-0.1, -0.05) is 11.2 Å². The van der Waals surface area contributed by atoms with E-state index >= 15 is 0 Å². The highest BCUT2D eigenvalue weighted by molar-refractivity contribution is 7.13. The van der Waals surface area contributed by atoms with Crippen LogP contribution in [-0.4, -0.2) is 54.2 Å². The normalized spacial score (nSPS) is 21.4. The maximum atomic E-state index is 5.88. The van der Waals surface area contributed by atoms with Crippen LogP contribution in [0.1, 0.15) is 5.69 Å². The number of nitrogens with two attached hydrogens (primary N) is 1. The molecule has 1 aliphatic rings. The van der Waals surface area contributed by atoms with Crippen molar-refractivity contribution >= 4 is 11.3 Å². The Balaban J connectivity index is 1.68. The number of hydrogen-bond acceptors (Lipinski definition) is 6. The highest BCUT2D eigenvalue weighted by atomic mass is 32.1. The van der Waals surface area contributed by atoms with Crippen LogP contribution in [0.5, 0.6) is 0 Å². The van der Waals surface area contributed by atoms with Crippen molar-refractivity contribution < 1.29 is 4.52 Å². The Morgan fingerprint density at radius 1 is 1.50 bits per heavy atom. The Hall–Kier alpha value is -1.21. The fraction of sp³-hybridized carbons (Fsp3) is 0.500. The van der Waals surface area contributed by atoms with E-state index in [0.717, 1.165) is 42.5 Å². The highest BCUT2D eigenvalue weighted by Gasteiger charge is 2.25. The molecule has 2 aromatic rings. The van der Waals surface area contributed by atoms with Crippen LogP contribution >= 0.6 is 11.3 Å². The Morgan fingerprint density at radius 2 is 2.40 bits per heavy atom. The third-order valence-corrected chi connectivity index (χ3v) is 4.65. The smallest absolute Gasteiger partial charge is 0.177 e. The third kappa shape index (κ3) is 2.93. The minimum atomic E-state index is 0.399. The molecule has 1 fully saturated rings. The van der Waals surface area contributed by atoms with Gasteiger partial charge in [0.1, 0.15) is 0 Å². The first kappa shape index (κ1) is 13.8. The zero-order chi connectivity index (χ0) is 13.9. The first-order valence-corrected chi connectivity index (χ1v) is 7.76.